The Morgan fingerprint density at radius 2 is 1.74 bits per heavy atom. The third-order valence-corrected chi connectivity index (χ3v) is 13.4. The number of likely N-dealkylation sites (tertiary alicyclic amines) is 1. The van der Waals surface area contributed by atoms with Crippen LogP contribution in [0.1, 0.15) is 106 Å². The number of nitrogen functional groups attached to an aromatic ring is 1. The van der Waals surface area contributed by atoms with Gasteiger partial charge in [0.05, 0.1) is 57.3 Å². The zero-order chi connectivity index (χ0) is 53.7. The van der Waals surface area contributed by atoms with Crippen molar-refractivity contribution in [2.24, 2.45) is 5.41 Å². The fraction of sp³-hybridized carbons (Fsp3) is 0.519. The van der Waals surface area contributed by atoms with E-state index in [2.05, 4.69) is 41.5 Å². The second kappa shape index (κ2) is 25.8. The minimum atomic E-state index is -0.869. The van der Waals surface area contributed by atoms with E-state index in [1.54, 1.807) is 53.8 Å². The minimum absolute atomic E-state index is 0.102. The molecule has 5 amide bonds. The van der Waals surface area contributed by atoms with Crippen molar-refractivity contribution in [3.63, 3.8) is 0 Å². The Kier molecular flexibility index (Phi) is 19.7. The van der Waals surface area contributed by atoms with Gasteiger partial charge >= 0.3 is 5.82 Å². The molecule has 0 radical (unpaired) electrons. The van der Waals surface area contributed by atoms with Gasteiger partial charge < -0.3 is 61.2 Å². The smallest absolute Gasteiger partial charge is 0.303 e. The van der Waals surface area contributed by atoms with E-state index in [-0.39, 0.29) is 106 Å². The van der Waals surface area contributed by atoms with E-state index >= 15 is 0 Å². The SMILES string of the molecule is [C-]#[N+]c1nn(CCNC(=O)CCOCCOCCN[C@H]2C[C@@H](C(=O)N[C@H](CC)c3ccccc3)N(C(=O)[C@@H](NC(=O)[C@H](C)NC)C(C)(C)C)C2)c2c1-c1cnc(N)c(c1)O[C@H](C)c1cc(C)ccc1C(=O)N(C)C2. The van der Waals surface area contributed by atoms with E-state index in [9.17, 15) is 24.0 Å². The van der Waals surface area contributed by atoms with Crippen molar-refractivity contribution in [3.05, 3.63) is 100 Å². The molecular formula is C54H74N12O8. The number of hydrogen-bond donors (Lipinski definition) is 6. The number of benzene rings is 2. The third kappa shape index (κ3) is 14.2. The molecule has 2 aliphatic rings. The number of ether oxygens (including phenoxy) is 3. The van der Waals surface area contributed by atoms with Crippen LogP contribution < -0.4 is 37.1 Å². The Hall–Kier alpha value is -6.92. The number of carbonyl (C=O) groups excluding carboxylic acids is 5. The van der Waals surface area contributed by atoms with Crippen LogP contribution in [0.2, 0.25) is 0 Å². The average molecular weight is 1020 g/mol. The standard InChI is InChI=1S/C54H74N12O8/c1-11-41(36-15-13-12-14-16-36)61-51(69)42-29-38(31-65(42)53(71)47(54(5,6)7)62-50(68)34(3)56-8)58-21-24-73-26-25-72-23-19-45(67)59-20-22-66-43-32-64(10)52(70)39-18-17-33(2)27-40(39)35(4)74-44-28-37(30-60-48(44)55)46(43)49(57-9)63-66/h12-18,27-28,30,34-35,38,41-42,47,56,58H,11,19-26,29,31-32H2,1-8,10H3,(H2,55,60)(H,59,67)(H,61,69)(H,62,68)/t34-,35+,38-,41+,42-,47+/m0/s1. The van der Waals surface area contributed by atoms with Crippen molar-refractivity contribution >= 4 is 41.2 Å². The van der Waals surface area contributed by atoms with Crippen molar-refractivity contribution in [2.75, 3.05) is 65.9 Å². The van der Waals surface area contributed by atoms with Gasteiger partial charge in [-0.1, -0.05) is 82.3 Å². The Labute approximate surface area is 434 Å². The van der Waals surface area contributed by atoms with Gasteiger partial charge in [-0.15, -0.1) is 0 Å². The number of pyridine rings is 1. The van der Waals surface area contributed by atoms with Gasteiger partial charge in [0.25, 0.3) is 5.91 Å². The van der Waals surface area contributed by atoms with Gasteiger partial charge in [-0.3, -0.25) is 24.0 Å². The lowest BCUT2D eigenvalue weighted by Crippen LogP contribution is -2.59. The molecule has 0 spiro atoms. The van der Waals surface area contributed by atoms with Crippen LogP contribution in [-0.4, -0.2) is 138 Å². The summed E-state index contributed by atoms with van der Waals surface area (Å²) in [5.74, 6) is -0.749. The van der Waals surface area contributed by atoms with Crippen LogP contribution in [0.3, 0.4) is 0 Å². The Morgan fingerprint density at radius 1 is 1.01 bits per heavy atom. The van der Waals surface area contributed by atoms with Crippen LogP contribution >= 0.6 is 0 Å². The third-order valence-electron chi connectivity index (χ3n) is 13.4. The van der Waals surface area contributed by atoms with E-state index in [1.807, 2.05) is 84.0 Å². The number of hydrogen-bond acceptors (Lipinski definition) is 13. The highest BCUT2D eigenvalue weighted by Crippen LogP contribution is 2.39. The highest BCUT2D eigenvalue weighted by atomic mass is 16.5. The first-order valence-electron chi connectivity index (χ1n) is 25.4. The number of nitrogens with two attached hydrogens (primary N) is 1. The van der Waals surface area contributed by atoms with Gasteiger partial charge in [-0.05, 0) is 74.4 Å². The number of anilines is 1. The molecule has 2 bridgehead atoms. The maximum Gasteiger partial charge on any atom is 0.303 e. The molecule has 20 heteroatoms. The van der Waals surface area contributed by atoms with Crippen LogP contribution in [0, 0.1) is 18.9 Å². The van der Waals surface area contributed by atoms with E-state index < -0.39 is 29.6 Å². The minimum Gasteiger partial charge on any atom is -0.482 e. The molecule has 74 heavy (non-hydrogen) atoms. The van der Waals surface area contributed by atoms with Gasteiger partial charge in [0.2, 0.25) is 23.6 Å². The summed E-state index contributed by atoms with van der Waals surface area (Å²) in [5.41, 5.74) is 10.4. The highest BCUT2D eigenvalue weighted by Gasteiger charge is 2.45. The molecule has 0 aliphatic carbocycles. The normalized spacial score (nSPS) is 17.8. The zero-order valence-corrected chi connectivity index (χ0v) is 44.2. The van der Waals surface area contributed by atoms with Gasteiger partial charge in [-0.25, -0.2) is 4.98 Å². The Balaban J connectivity index is 0.977. The molecule has 6 rings (SSSR count). The van der Waals surface area contributed by atoms with Gasteiger partial charge in [-0.2, -0.15) is 4.68 Å². The van der Waals surface area contributed by atoms with E-state index in [4.69, 9.17) is 26.5 Å². The van der Waals surface area contributed by atoms with Crippen LogP contribution in [0.4, 0.5) is 11.6 Å². The maximum absolute atomic E-state index is 14.4. The molecule has 2 aromatic carbocycles. The second-order valence-electron chi connectivity index (χ2n) is 20.0. The predicted molar refractivity (Wildman–Crippen MR) is 281 cm³/mol. The largest absolute Gasteiger partial charge is 0.482 e. The molecule has 7 N–H and O–H groups in total. The topological polar surface area (TPSA) is 241 Å². The molecule has 0 unspecified atom stereocenters. The summed E-state index contributed by atoms with van der Waals surface area (Å²) in [6, 6.07) is 14.5. The van der Waals surface area contributed by atoms with E-state index in [0.717, 1.165) is 11.1 Å². The summed E-state index contributed by atoms with van der Waals surface area (Å²) >= 11 is 0. The molecule has 1 saturated heterocycles. The fourth-order valence-electron chi connectivity index (χ4n) is 9.13. The van der Waals surface area contributed by atoms with Crippen molar-refractivity contribution in [1.82, 2.24) is 51.1 Å². The van der Waals surface area contributed by atoms with Crippen LogP contribution in [0.5, 0.6) is 5.75 Å². The average Bonchev–Trinajstić information content (AvgIpc) is 3.97. The van der Waals surface area contributed by atoms with Gasteiger partial charge in [0, 0.05) is 62.0 Å². The molecule has 0 saturated carbocycles. The maximum atomic E-state index is 14.4. The molecular weight excluding hydrogens is 945 g/mol. The first-order chi connectivity index (χ1) is 35.3. The number of carbonyl (C=O) groups is 5. The summed E-state index contributed by atoms with van der Waals surface area (Å²) in [7, 11) is 3.38. The quantitative estimate of drug-likeness (QED) is 0.0494. The van der Waals surface area contributed by atoms with Gasteiger partial charge in [0.15, 0.2) is 11.6 Å². The van der Waals surface area contributed by atoms with Crippen LogP contribution in [-0.2, 0) is 41.7 Å². The first kappa shape index (κ1) is 56.4. The first-order valence-corrected chi connectivity index (χ1v) is 25.4. The summed E-state index contributed by atoms with van der Waals surface area (Å²) in [5, 5.41) is 20.0. The number of aromatic nitrogens is 3. The number of fused-ring (bicyclic) bond motifs is 5. The Bertz CT molecular complexity index is 2650. The summed E-state index contributed by atoms with van der Waals surface area (Å²) < 4.78 is 19.5. The molecule has 4 aromatic rings. The molecule has 20 nitrogen and oxygen atoms in total. The number of likely N-dealkylation sites (N-methyl/N-ethyl adjacent to an activating group) is 1. The lowest BCUT2D eigenvalue weighted by atomic mass is 9.85. The zero-order valence-electron chi connectivity index (χ0n) is 44.2. The number of nitrogens with one attached hydrogen (secondary N) is 5. The van der Waals surface area contributed by atoms with Crippen molar-refractivity contribution < 1.29 is 38.2 Å². The second-order valence-corrected chi connectivity index (χ2v) is 20.0. The van der Waals surface area contributed by atoms with Crippen molar-refractivity contribution in [3.8, 4) is 16.9 Å². The van der Waals surface area contributed by atoms with Gasteiger partial charge in [0.1, 0.15) is 18.2 Å². The molecule has 6 atom stereocenters. The van der Waals surface area contributed by atoms with E-state index in [1.165, 1.54) is 0 Å². The summed E-state index contributed by atoms with van der Waals surface area (Å²) in [6.45, 7) is 23.5. The summed E-state index contributed by atoms with van der Waals surface area (Å²) in [4.78, 5) is 79.6. The number of rotatable bonds is 21. The highest BCUT2D eigenvalue weighted by molar-refractivity contribution is 5.96. The fourth-order valence-corrected chi connectivity index (χ4v) is 9.13. The predicted octanol–water partition coefficient (Wildman–Crippen LogP) is 4.62. The lowest BCUT2D eigenvalue weighted by Gasteiger charge is -2.36. The lowest BCUT2D eigenvalue weighted by molar-refractivity contribution is -0.144. The molecule has 1 fully saturated rings. The number of nitrogens with zero attached hydrogens (tertiary/aromatic N) is 6. The molecule has 4 heterocycles. The Morgan fingerprint density at radius 3 is 2.43 bits per heavy atom. The van der Waals surface area contributed by atoms with Crippen LogP contribution in [0.25, 0.3) is 16.0 Å². The van der Waals surface area contributed by atoms with Crippen molar-refractivity contribution in [2.45, 2.75) is 117 Å². The molecule has 2 aromatic heterocycles. The molecule has 2 aliphatic heterocycles. The molecule has 398 valence electrons. The van der Waals surface area contributed by atoms with E-state index in [0.29, 0.717) is 59.7 Å². The monoisotopic (exact) mass is 1020 g/mol. The summed E-state index contributed by atoms with van der Waals surface area (Å²) in [6.07, 6.45) is 2.17. The number of amides is 5. The van der Waals surface area contributed by atoms with Crippen molar-refractivity contribution in [1.29, 1.82) is 0 Å². The number of aryl methyl sites for hydroxylation is 1. The van der Waals surface area contributed by atoms with Crippen LogP contribution in [0.15, 0.2) is 60.8 Å².